The summed E-state index contributed by atoms with van der Waals surface area (Å²) in [4.78, 5) is 0.235. The Morgan fingerprint density at radius 3 is 2.61 bits per heavy atom. The van der Waals surface area contributed by atoms with E-state index in [1.54, 1.807) is 25.2 Å². The van der Waals surface area contributed by atoms with E-state index in [2.05, 4.69) is 0 Å². The van der Waals surface area contributed by atoms with E-state index in [4.69, 9.17) is 23.2 Å². The lowest BCUT2D eigenvalue weighted by molar-refractivity contribution is 0.268. The summed E-state index contributed by atoms with van der Waals surface area (Å²) in [5, 5.41) is 0.631. The van der Waals surface area contributed by atoms with Crippen molar-refractivity contribution in [2.75, 3.05) is 13.6 Å². The van der Waals surface area contributed by atoms with Gasteiger partial charge in [0.25, 0.3) is 0 Å². The Morgan fingerprint density at radius 1 is 1.39 bits per heavy atom. The highest BCUT2D eigenvalue weighted by Gasteiger charge is 2.31. The predicted octanol–water partition coefficient (Wildman–Crippen LogP) is 2.98. The maximum atomic E-state index is 12.3. The minimum Gasteiger partial charge on any atom is -0.207 e. The number of rotatable bonds is 4. The molecule has 0 spiro atoms. The van der Waals surface area contributed by atoms with Gasteiger partial charge in [-0.15, -0.1) is 11.6 Å². The molecule has 1 aromatic carbocycles. The first-order valence-corrected chi connectivity index (χ1v) is 8.01. The minimum absolute atomic E-state index is 0.206. The van der Waals surface area contributed by atoms with Crippen molar-refractivity contribution in [3.63, 3.8) is 0 Å². The molecule has 0 heterocycles. The second-order valence-corrected chi connectivity index (χ2v) is 7.78. The lowest BCUT2D eigenvalue weighted by atomic mass is 9.85. The van der Waals surface area contributed by atoms with Crippen LogP contribution in [-0.2, 0) is 10.0 Å². The number of hydrogen-bond donors (Lipinski definition) is 0. The van der Waals surface area contributed by atoms with Crippen LogP contribution in [0.25, 0.3) is 0 Å². The average Bonchev–Trinajstić information content (AvgIpc) is 2.26. The minimum atomic E-state index is -3.44. The monoisotopic (exact) mass is 307 g/mol. The van der Waals surface area contributed by atoms with Crippen LogP contribution >= 0.6 is 23.2 Å². The van der Waals surface area contributed by atoms with E-state index in [1.807, 2.05) is 0 Å². The number of benzene rings is 1. The molecule has 0 saturated heterocycles. The molecule has 1 fully saturated rings. The summed E-state index contributed by atoms with van der Waals surface area (Å²) in [6.07, 6.45) is 1.77. The summed E-state index contributed by atoms with van der Waals surface area (Å²) in [6.45, 7) is 0.512. The number of sulfonamides is 1. The topological polar surface area (TPSA) is 37.4 Å². The van der Waals surface area contributed by atoms with E-state index in [0.29, 0.717) is 17.5 Å². The van der Waals surface area contributed by atoms with Gasteiger partial charge in [-0.05, 0) is 37.0 Å². The van der Waals surface area contributed by atoms with E-state index in [0.717, 1.165) is 12.8 Å². The van der Waals surface area contributed by atoms with Gasteiger partial charge in [0.1, 0.15) is 0 Å². The van der Waals surface area contributed by atoms with Crippen molar-refractivity contribution < 1.29 is 8.42 Å². The van der Waals surface area contributed by atoms with Crippen LogP contribution in [0.3, 0.4) is 0 Å². The molecule has 2 rings (SSSR count). The predicted molar refractivity (Wildman–Crippen MR) is 73.6 cm³/mol. The zero-order valence-corrected chi connectivity index (χ0v) is 12.3. The van der Waals surface area contributed by atoms with Crippen LogP contribution in [0.5, 0.6) is 0 Å². The third-order valence-corrected chi connectivity index (χ3v) is 5.61. The highest BCUT2D eigenvalue weighted by Crippen LogP contribution is 2.33. The van der Waals surface area contributed by atoms with E-state index in [1.165, 1.54) is 10.4 Å². The van der Waals surface area contributed by atoms with Crippen LogP contribution in [-0.4, -0.2) is 31.7 Å². The van der Waals surface area contributed by atoms with Crippen LogP contribution in [0.4, 0.5) is 0 Å². The normalized spacial score (nSPS) is 24.0. The fourth-order valence-corrected chi connectivity index (χ4v) is 4.12. The Balaban J connectivity index is 2.10. The molecule has 1 aliphatic carbocycles. The summed E-state index contributed by atoms with van der Waals surface area (Å²) in [5.41, 5.74) is 0. The van der Waals surface area contributed by atoms with Gasteiger partial charge in [-0.25, -0.2) is 12.7 Å². The zero-order valence-electron chi connectivity index (χ0n) is 10.0. The molecular weight excluding hydrogens is 293 g/mol. The van der Waals surface area contributed by atoms with Crippen molar-refractivity contribution >= 4 is 33.2 Å². The fraction of sp³-hybridized carbons (Fsp3) is 0.500. The maximum Gasteiger partial charge on any atom is 0.242 e. The second-order valence-electron chi connectivity index (χ2n) is 4.68. The number of alkyl halides is 1. The van der Waals surface area contributed by atoms with Crippen molar-refractivity contribution in [1.82, 2.24) is 4.31 Å². The van der Waals surface area contributed by atoms with Crippen molar-refractivity contribution in [2.45, 2.75) is 23.1 Å². The fourth-order valence-electron chi connectivity index (χ4n) is 2.07. The van der Waals surface area contributed by atoms with Crippen molar-refractivity contribution in [1.29, 1.82) is 0 Å². The lowest BCUT2D eigenvalue weighted by Crippen LogP contribution is -2.37. The van der Waals surface area contributed by atoms with Gasteiger partial charge in [-0.1, -0.05) is 17.7 Å². The molecule has 0 aromatic heterocycles. The Kier molecular flexibility index (Phi) is 4.22. The van der Waals surface area contributed by atoms with Gasteiger partial charge in [-0.3, -0.25) is 0 Å². The van der Waals surface area contributed by atoms with Gasteiger partial charge in [0, 0.05) is 24.0 Å². The molecule has 0 bridgehead atoms. The first-order chi connectivity index (χ1) is 8.39. The Hall–Kier alpha value is -0.290. The number of hydrogen-bond acceptors (Lipinski definition) is 2. The first-order valence-electron chi connectivity index (χ1n) is 5.75. The van der Waals surface area contributed by atoms with Crippen LogP contribution in [0, 0.1) is 5.92 Å². The summed E-state index contributed by atoms with van der Waals surface area (Å²) < 4.78 is 25.9. The standard InChI is InChI=1S/C12H15Cl2NO2S/c1-15(8-9-5-11(14)6-9)18(16,17)12-4-2-3-10(13)7-12/h2-4,7,9,11H,5-6,8H2,1H3. The molecular formula is C12H15Cl2NO2S. The molecule has 1 aromatic rings. The Morgan fingerprint density at radius 2 is 2.06 bits per heavy atom. The average molecular weight is 308 g/mol. The molecule has 0 unspecified atom stereocenters. The van der Waals surface area contributed by atoms with Gasteiger partial charge in [-0.2, -0.15) is 0 Å². The van der Waals surface area contributed by atoms with Crippen LogP contribution in [0.15, 0.2) is 29.2 Å². The van der Waals surface area contributed by atoms with Crippen LogP contribution in [0.1, 0.15) is 12.8 Å². The van der Waals surface area contributed by atoms with Gasteiger partial charge < -0.3 is 0 Å². The summed E-state index contributed by atoms with van der Waals surface area (Å²) in [7, 11) is -1.85. The smallest absolute Gasteiger partial charge is 0.207 e. The maximum absolute atomic E-state index is 12.3. The Labute approximate surface area is 118 Å². The van der Waals surface area contributed by atoms with Gasteiger partial charge in [0.2, 0.25) is 10.0 Å². The van der Waals surface area contributed by atoms with E-state index in [9.17, 15) is 8.42 Å². The number of nitrogens with zero attached hydrogens (tertiary/aromatic N) is 1. The molecule has 1 aliphatic rings. The lowest BCUT2D eigenvalue weighted by Gasteiger charge is -2.33. The zero-order chi connectivity index (χ0) is 13.3. The molecule has 18 heavy (non-hydrogen) atoms. The molecule has 0 amide bonds. The quantitative estimate of drug-likeness (QED) is 0.802. The van der Waals surface area contributed by atoms with Crippen LogP contribution in [0.2, 0.25) is 5.02 Å². The third kappa shape index (κ3) is 2.99. The van der Waals surface area contributed by atoms with Crippen molar-refractivity contribution in [3.05, 3.63) is 29.3 Å². The van der Waals surface area contributed by atoms with E-state index < -0.39 is 10.0 Å². The molecule has 0 radical (unpaired) electrons. The summed E-state index contributed by atoms with van der Waals surface area (Å²) in [5.74, 6) is 0.367. The van der Waals surface area contributed by atoms with Gasteiger partial charge >= 0.3 is 0 Å². The molecule has 3 nitrogen and oxygen atoms in total. The van der Waals surface area contributed by atoms with Gasteiger partial charge in [0.15, 0.2) is 0 Å². The molecule has 0 aliphatic heterocycles. The molecule has 6 heteroatoms. The molecule has 1 saturated carbocycles. The van der Waals surface area contributed by atoms with Crippen molar-refractivity contribution in [2.24, 2.45) is 5.92 Å². The third-order valence-electron chi connectivity index (χ3n) is 3.20. The van der Waals surface area contributed by atoms with E-state index in [-0.39, 0.29) is 10.3 Å². The number of halogens is 2. The largest absolute Gasteiger partial charge is 0.242 e. The van der Waals surface area contributed by atoms with Crippen LogP contribution < -0.4 is 0 Å². The molecule has 0 atom stereocenters. The summed E-state index contributed by atoms with van der Waals surface area (Å²) in [6, 6.07) is 6.33. The SMILES string of the molecule is CN(CC1CC(Cl)C1)S(=O)(=O)c1cccc(Cl)c1. The second kappa shape index (κ2) is 5.37. The van der Waals surface area contributed by atoms with E-state index >= 15 is 0 Å². The van der Waals surface area contributed by atoms with Gasteiger partial charge in [0.05, 0.1) is 4.90 Å². The highest BCUT2D eigenvalue weighted by molar-refractivity contribution is 7.89. The van der Waals surface area contributed by atoms with Crippen molar-refractivity contribution in [3.8, 4) is 0 Å². The molecule has 100 valence electrons. The first kappa shape index (κ1) is 14.1. The highest BCUT2D eigenvalue weighted by atomic mass is 35.5. The molecule has 0 N–H and O–H groups in total. The Bertz CT molecular complexity index is 527. The summed E-state index contributed by atoms with van der Waals surface area (Å²) >= 11 is 11.7.